The fourth-order valence-electron chi connectivity index (χ4n) is 6.10. The second-order valence-corrected chi connectivity index (χ2v) is 11.6. The van der Waals surface area contributed by atoms with Gasteiger partial charge >= 0.3 is 0 Å². The van der Waals surface area contributed by atoms with Gasteiger partial charge in [-0.1, -0.05) is 53.2 Å². The maximum atomic E-state index is 6.58. The van der Waals surface area contributed by atoms with E-state index in [4.69, 9.17) is 34.8 Å². The molecular weight excluding hydrogens is 456 g/mol. The van der Waals surface area contributed by atoms with Gasteiger partial charge in [-0.15, -0.1) is 12.3 Å². The Morgan fingerprint density at radius 3 is 2.28 bits per heavy atom. The third-order valence-corrected chi connectivity index (χ3v) is 7.98. The standard InChI is InChI=1S/C30H52O6/c1-12-13-24(27-18-34-30(36-27,19(2)3)20(4)5)15-21(6)14-22(7)16-25(31-9)28-26(32-10)17-23(8)29(33-11)35-28/h1,15,19-20,22-29H,13-14,16-18H2,2-11H3/b21-15+/t22-,23+,24+,25-,26-,27+,28+,29-/m0/s1. The highest BCUT2D eigenvalue weighted by atomic mass is 16.7. The molecule has 2 fully saturated rings. The van der Waals surface area contributed by atoms with Crippen LogP contribution < -0.4 is 0 Å². The molecule has 0 spiro atoms. The Morgan fingerprint density at radius 1 is 1.11 bits per heavy atom. The summed E-state index contributed by atoms with van der Waals surface area (Å²) in [4.78, 5) is 0. The molecular formula is C30H52O6. The summed E-state index contributed by atoms with van der Waals surface area (Å²) in [5.41, 5.74) is 1.31. The molecule has 2 aliphatic heterocycles. The summed E-state index contributed by atoms with van der Waals surface area (Å²) in [6.07, 6.45) is 10.9. The second-order valence-electron chi connectivity index (χ2n) is 11.6. The average Bonchev–Trinajstić information content (AvgIpc) is 3.29. The molecule has 6 nitrogen and oxygen atoms in total. The van der Waals surface area contributed by atoms with Gasteiger partial charge in [0.25, 0.3) is 0 Å². The first-order valence-electron chi connectivity index (χ1n) is 13.7. The van der Waals surface area contributed by atoms with E-state index in [1.165, 1.54) is 5.57 Å². The van der Waals surface area contributed by atoms with Crippen LogP contribution in [0.25, 0.3) is 0 Å². The summed E-state index contributed by atoms with van der Waals surface area (Å²) in [6, 6.07) is 0. The van der Waals surface area contributed by atoms with Crippen LogP contribution in [0.1, 0.15) is 74.1 Å². The first kappa shape index (κ1) is 31.3. The Morgan fingerprint density at radius 2 is 1.78 bits per heavy atom. The zero-order valence-electron chi connectivity index (χ0n) is 24.4. The van der Waals surface area contributed by atoms with Crippen LogP contribution in [0.3, 0.4) is 0 Å². The van der Waals surface area contributed by atoms with Crippen LogP contribution in [0.5, 0.6) is 0 Å². The molecule has 8 atom stereocenters. The molecule has 0 bridgehead atoms. The second kappa shape index (κ2) is 14.3. The fourth-order valence-corrected chi connectivity index (χ4v) is 6.10. The van der Waals surface area contributed by atoms with Gasteiger partial charge in [0.2, 0.25) is 0 Å². The molecule has 2 rings (SSSR count). The molecule has 0 aromatic rings. The Hall–Kier alpha value is -0.940. The highest BCUT2D eigenvalue weighted by Crippen LogP contribution is 2.40. The monoisotopic (exact) mass is 508 g/mol. The van der Waals surface area contributed by atoms with Gasteiger partial charge in [-0.25, -0.2) is 0 Å². The van der Waals surface area contributed by atoms with Crippen molar-refractivity contribution in [3.63, 3.8) is 0 Å². The summed E-state index contributed by atoms with van der Waals surface area (Å²) in [5, 5.41) is 0. The van der Waals surface area contributed by atoms with Crippen LogP contribution in [0, 0.1) is 41.9 Å². The molecule has 2 aliphatic rings. The molecule has 208 valence electrons. The average molecular weight is 509 g/mol. The smallest absolute Gasteiger partial charge is 0.173 e. The Balaban J connectivity index is 2.06. The lowest BCUT2D eigenvalue weighted by atomic mass is 9.87. The van der Waals surface area contributed by atoms with Crippen molar-refractivity contribution in [3.05, 3.63) is 11.6 Å². The lowest BCUT2D eigenvalue weighted by Gasteiger charge is -2.42. The maximum Gasteiger partial charge on any atom is 0.173 e. The predicted molar refractivity (Wildman–Crippen MR) is 143 cm³/mol. The van der Waals surface area contributed by atoms with Gasteiger partial charge in [0.15, 0.2) is 12.1 Å². The van der Waals surface area contributed by atoms with Crippen molar-refractivity contribution in [2.45, 2.75) is 111 Å². The van der Waals surface area contributed by atoms with Crippen molar-refractivity contribution in [3.8, 4) is 12.3 Å². The van der Waals surface area contributed by atoms with Gasteiger partial charge in [-0.2, -0.15) is 0 Å². The first-order chi connectivity index (χ1) is 17.0. The minimum Gasteiger partial charge on any atom is -0.379 e. The quantitative estimate of drug-likeness (QED) is 0.230. The molecule has 0 aliphatic carbocycles. The zero-order valence-corrected chi connectivity index (χ0v) is 24.4. The molecule has 6 heteroatoms. The van der Waals surface area contributed by atoms with E-state index in [1.54, 1.807) is 21.3 Å². The molecule has 0 amide bonds. The van der Waals surface area contributed by atoms with Crippen molar-refractivity contribution in [1.29, 1.82) is 0 Å². The molecule has 36 heavy (non-hydrogen) atoms. The number of hydrogen-bond donors (Lipinski definition) is 0. The number of hydrogen-bond acceptors (Lipinski definition) is 6. The number of ether oxygens (including phenoxy) is 6. The number of allylic oxidation sites excluding steroid dienone is 1. The van der Waals surface area contributed by atoms with E-state index in [0.717, 1.165) is 19.3 Å². The third-order valence-electron chi connectivity index (χ3n) is 7.98. The molecule has 2 saturated heterocycles. The minimum atomic E-state index is -0.548. The first-order valence-corrected chi connectivity index (χ1v) is 13.7. The maximum absolute atomic E-state index is 6.58. The third kappa shape index (κ3) is 7.56. The van der Waals surface area contributed by atoms with Crippen LogP contribution in [0.2, 0.25) is 0 Å². The highest BCUT2D eigenvalue weighted by Gasteiger charge is 2.48. The van der Waals surface area contributed by atoms with Crippen LogP contribution in [0.15, 0.2) is 11.6 Å². The predicted octanol–water partition coefficient (Wildman–Crippen LogP) is 5.84. The van der Waals surface area contributed by atoms with Crippen molar-refractivity contribution in [1.82, 2.24) is 0 Å². The van der Waals surface area contributed by atoms with E-state index < -0.39 is 5.79 Å². The van der Waals surface area contributed by atoms with E-state index in [-0.39, 0.29) is 54.4 Å². The highest BCUT2D eigenvalue weighted by molar-refractivity contribution is 5.08. The van der Waals surface area contributed by atoms with Crippen molar-refractivity contribution in [2.75, 3.05) is 27.9 Å². The normalized spacial score (nSPS) is 31.4. The molecule has 2 heterocycles. The zero-order chi connectivity index (χ0) is 27.0. The van der Waals surface area contributed by atoms with Gasteiger partial charge in [-0.3, -0.25) is 0 Å². The summed E-state index contributed by atoms with van der Waals surface area (Å²) in [7, 11) is 5.20. The minimum absolute atomic E-state index is 0.0121. The fraction of sp³-hybridized carbons (Fsp3) is 0.867. The van der Waals surface area contributed by atoms with Crippen molar-refractivity contribution < 1.29 is 28.4 Å². The summed E-state index contributed by atoms with van der Waals surface area (Å²) in [5.74, 6) is 3.64. The van der Waals surface area contributed by atoms with Gasteiger partial charge in [0.05, 0.1) is 24.9 Å². The Bertz CT molecular complexity index is 717. The van der Waals surface area contributed by atoms with Gasteiger partial charge < -0.3 is 28.4 Å². The van der Waals surface area contributed by atoms with E-state index >= 15 is 0 Å². The van der Waals surface area contributed by atoms with Crippen LogP contribution in [0.4, 0.5) is 0 Å². The molecule has 0 saturated carbocycles. The van der Waals surface area contributed by atoms with E-state index in [9.17, 15) is 0 Å². The topological polar surface area (TPSA) is 55.4 Å². The van der Waals surface area contributed by atoms with E-state index in [2.05, 4.69) is 60.5 Å². The number of terminal acetylenes is 1. The lowest BCUT2D eigenvalue weighted by Crippen LogP contribution is -2.51. The summed E-state index contributed by atoms with van der Waals surface area (Å²) < 4.78 is 36.4. The number of rotatable bonds is 13. The van der Waals surface area contributed by atoms with Gasteiger partial charge in [0.1, 0.15) is 6.10 Å². The molecule has 0 radical (unpaired) electrons. The van der Waals surface area contributed by atoms with Crippen LogP contribution >= 0.6 is 0 Å². The van der Waals surface area contributed by atoms with E-state index in [0.29, 0.717) is 18.9 Å². The van der Waals surface area contributed by atoms with Crippen LogP contribution in [-0.2, 0) is 28.4 Å². The SMILES string of the molecule is C#CC[C@H](/C=C(\C)C[C@H](C)C[C@H](OC)[C@H]1O[C@H](OC)[C@H](C)C[C@@H]1OC)[C@H]1COC(C(C)C)(C(C)C)O1. The molecule has 0 aromatic carbocycles. The van der Waals surface area contributed by atoms with E-state index in [1.807, 2.05) is 0 Å². The van der Waals surface area contributed by atoms with Crippen LogP contribution in [-0.4, -0.2) is 64.4 Å². The molecule has 0 N–H and O–H groups in total. The lowest BCUT2D eigenvalue weighted by molar-refractivity contribution is -0.263. The summed E-state index contributed by atoms with van der Waals surface area (Å²) in [6.45, 7) is 15.8. The number of methoxy groups -OCH3 is 3. The van der Waals surface area contributed by atoms with Crippen molar-refractivity contribution >= 4 is 0 Å². The largest absolute Gasteiger partial charge is 0.379 e. The Kier molecular flexibility index (Phi) is 12.4. The van der Waals surface area contributed by atoms with Crippen molar-refractivity contribution in [2.24, 2.45) is 29.6 Å². The van der Waals surface area contributed by atoms with Gasteiger partial charge in [0, 0.05) is 51.4 Å². The summed E-state index contributed by atoms with van der Waals surface area (Å²) >= 11 is 0. The van der Waals surface area contributed by atoms with Gasteiger partial charge in [-0.05, 0) is 32.1 Å². The molecule has 0 unspecified atom stereocenters. The Labute approximate surface area is 220 Å². The molecule has 0 aromatic heterocycles.